The van der Waals surface area contributed by atoms with Crippen LogP contribution in [-0.2, 0) is 0 Å². The molecule has 0 aromatic heterocycles. The molecule has 0 bridgehead atoms. The van der Waals surface area contributed by atoms with Gasteiger partial charge in [-0.2, -0.15) is 0 Å². The summed E-state index contributed by atoms with van der Waals surface area (Å²) < 4.78 is 55.0. The maximum atomic E-state index is 13.9. The quantitative estimate of drug-likeness (QED) is 0.538. The summed E-state index contributed by atoms with van der Waals surface area (Å²) in [4.78, 5) is 0. The van der Waals surface area contributed by atoms with Crippen molar-refractivity contribution < 1.29 is 17.6 Å². The molecule has 2 rings (SSSR count). The monoisotopic (exact) mass is 266 g/mol. The molecule has 0 atom stereocenters. The second-order valence-electron chi connectivity index (χ2n) is 4.12. The highest BCUT2D eigenvalue weighted by atomic mass is 19.2. The van der Waals surface area contributed by atoms with Gasteiger partial charge >= 0.3 is 0 Å². The van der Waals surface area contributed by atoms with Crippen molar-refractivity contribution in [2.45, 2.75) is 6.92 Å². The number of benzene rings is 2. The lowest BCUT2D eigenvalue weighted by Crippen LogP contribution is -2.03. The summed E-state index contributed by atoms with van der Waals surface area (Å²) in [5, 5.41) is 0. The van der Waals surface area contributed by atoms with Crippen LogP contribution in [0.2, 0.25) is 0 Å². The standard InChI is InChI=1S/C15H10F4/c1-3-10-12(16)14(18)11(15(19)13(10)17)9-6-4-5-8(2)7-9/h3-7H,1H2,2H3. The van der Waals surface area contributed by atoms with Crippen molar-refractivity contribution in [1.29, 1.82) is 0 Å². The molecule has 0 aliphatic rings. The van der Waals surface area contributed by atoms with Crippen LogP contribution in [0.25, 0.3) is 17.2 Å². The Hall–Kier alpha value is -2.10. The SMILES string of the molecule is C=Cc1c(F)c(F)c(-c2cccc(C)c2)c(F)c1F. The van der Waals surface area contributed by atoms with Gasteiger partial charge in [0, 0.05) is 0 Å². The fraction of sp³-hybridized carbons (Fsp3) is 0.0667. The van der Waals surface area contributed by atoms with Gasteiger partial charge in [0.1, 0.15) is 0 Å². The summed E-state index contributed by atoms with van der Waals surface area (Å²) in [5.41, 5.74) is -0.691. The average molecular weight is 266 g/mol. The molecular formula is C15H10F4. The topological polar surface area (TPSA) is 0 Å². The molecule has 0 aliphatic carbocycles. The van der Waals surface area contributed by atoms with Gasteiger partial charge < -0.3 is 0 Å². The third-order valence-electron chi connectivity index (χ3n) is 2.81. The highest BCUT2D eigenvalue weighted by Crippen LogP contribution is 2.32. The summed E-state index contributed by atoms with van der Waals surface area (Å²) >= 11 is 0. The van der Waals surface area contributed by atoms with Crippen LogP contribution in [0, 0.1) is 30.2 Å². The molecule has 0 fully saturated rings. The Balaban J connectivity index is 2.82. The van der Waals surface area contributed by atoms with E-state index in [1.165, 1.54) is 12.1 Å². The molecule has 2 aromatic rings. The van der Waals surface area contributed by atoms with Crippen LogP contribution in [0.15, 0.2) is 30.8 Å². The van der Waals surface area contributed by atoms with Crippen molar-refractivity contribution >= 4 is 6.08 Å². The highest BCUT2D eigenvalue weighted by molar-refractivity contribution is 5.68. The van der Waals surface area contributed by atoms with Gasteiger partial charge in [-0.25, -0.2) is 17.6 Å². The molecule has 19 heavy (non-hydrogen) atoms. The minimum atomic E-state index is -1.44. The predicted molar refractivity (Wildman–Crippen MR) is 66.5 cm³/mol. The van der Waals surface area contributed by atoms with Crippen LogP contribution >= 0.6 is 0 Å². The summed E-state index contributed by atoms with van der Waals surface area (Å²) in [7, 11) is 0. The summed E-state index contributed by atoms with van der Waals surface area (Å²) in [6.45, 7) is 4.85. The zero-order valence-corrected chi connectivity index (χ0v) is 10.1. The molecule has 0 radical (unpaired) electrons. The van der Waals surface area contributed by atoms with Crippen LogP contribution in [0.5, 0.6) is 0 Å². The van der Waals surface area contributed by atoms with E-state index in [1.54, 1.807) is 19.1 Å². The lowest BCUT2D eigenvalue weighted by atomic mass is 9.99. The van der Waals surface area contributed by atoms with Crippen molar-refractivity contribution in [3.8, 4) is 11.1 Å². The first kappa shape index (κ1) is 13.3. The Bertz CT molecular complexity index is 630. The Labute approximate surface area is 108 Å². The van der Waals surface area contributed by atoms with Crippen LogP contribution in [0.3, 0.4) is 0 Å². The molecule has 0 spiro atoms. The van der Waals surface area contributed by atoms with Crippen molar-refractivity contribution in [1.82, 2.24) is 0 Å². The van der Waals surface area contributed by atoms with Gasteiger partial charge in [0.15, 0.2) is 23.3 Å². The first-order valence-electron chi connectivity index (χ1n) is 5.52. The van der Waals surface area contributed by atoms with E-state index in [9.17, 15) is 17.6 Å². The van der Waals surface area contributed by atoms with Gasteiger partial charge in [-0.15, -0.1) is 0 Å². The van der Waals surface area contributed by atoms with Gasteiger partial charge in [0.2, 0.25) is 0 Å². The lowest BCUT2D eigenvalue weighted by molar-refractivity contribution is 0.455. The van der Waals surface area contributed by atoms with E-state index < -0.39 is 34.4 Å². The smallest absolute Gasteiger partial charge is 0.170 e. The third kappa shape index (κ3) is 2.14. The highest BCUT2D eigenvalue weighted by Gasteiger charge is 2.24. The van der Waals surface area contributed by atoms with Crippen molar-refractivity contribution in [2.24, 2.45) is 0 Å². The van der Waals surface area contributed by atoms with Crippen molar-refractivity contribution in [3.05, 3.63) is 65.2 Å². The molecule has 0 amide bonds. The number of hydrogen-bond donors (Lipinski definition) is 0. The van der Waals surface area contributed by atoms with Gasteiger partial charge in [-0.1, -0.05) is 42.5 Å². The average Bonchev–Trinajstić information content (AvgIpc) is 2.38. The molecular weight excluding hydrogens is 256 g/mol. The minimum absolute atomic E-state index is 0.0865. The second-order valence-corrected chi connectivity index (χ2v) is 4.12. The predicted octanol–water partition coefficient (Wildman–Crippen LogP) is 4.86. The van der Waals surface area contributed by atoms with E-state index in [-0.39, 0.29) is 5.56 Å². The zero-order valence-electron chi connectivity index (χ0n) is 10.1. The van der Waals surface area contributed by atoms with E-state index in [4.69, 9.17) is 0 Å². The lowest BCUT2D eigenvalue weighted by Gasteiger charge is -2.10. The van der Waals surface area contributed by atoms with E-state index in [0.29, 0.717) is 0 Å². The van der Waals surface area contributed by atoms with E-state index >= 15 is 0 Å². The second kappa shape index (κ2) is 4.88. The number of rotatable bonds is 2. The van der Waals surface area contributed by atoms with Crippen molar-refractivity contribution in [2.75, 3.05) is 0 Å². The van der Waals surface area contributed by atoms with E-state index in [2.05, 4.69) is 6.58 Å². The largest absolute Gasteiger partial charge is 0.203 e. The van der Waals surface area contributed by atoms with Crippen LogP contribution < -0.4 is 0 Å². The van der Waals surface area contributed by atoms with Crippen LogP contribution in [0.1, 0.15) is 11.1 Å². The molecule has 0 N–H and O–H groups in total. The van der Waals surface area contributed by atoms with Gasteiger partial charge in [-0.3, -0.25) is 0 Å². The summed E-state index contributed by atoms with van der Waals surface area (Å²) in [5.74, 6) is -5.71. The Kier molecular flexibility index (Phi) is 3.42. The fourth-order valence-electron chi connectivity index (χ4n) is 1.88. The molecule has 2 aromatic carbocycles. The first-order chi connectivity index (χ1) is 8.97. The molecule has 98 valence electrons. The van der Waals surface area contributed by atoms with Gasteiger partial charge in [0.25, 0.3) is 0 Å². The molecule has 4 heteroatoms. The molecule has 0 heterocycles. The molecule has 0 nitrogen and oxygen atoms in total. The summed E-state index contributed by atoms with van der Waals surface area (Å²) in [6.07, 6.45) is 0.747. The normalized spacial score (nSPS) is 10.6. The maximum absolute atomic E-state index is 13.9. The van der Waals surface area contributed by atoms with Gasteiger partial charge in [-0.05, 0) is 12.5 Å². The van der Waals surface area contributed by atoms with E-state index in [0.717, 1.165) is 11.6 Å². The Morgan fingerprint density at radius 2 is 1.53 bits per heavy atom. The fourth-order valence-corrected chi connectivity index (χ4v) is 1.88. The van der Waals surface area contributed by atoms with Crippen LogP contribution in [0.4, 0.5) is 17.6 Å². The van der Waals surface area contributed by atoms with Gasteiger partial charge in [0.05, 0.1) is 11.1 Å². The minimum Gasteiger partial charge on any atom is -0.203 e. The number of halogens is 4. The third-order valence-corrected chi connectivity index (χ3v) is 2.81. The maximum Gasteiger partial charge on any atom is 0.170 e. The molecule has 0 unspecified atom stereocenters. The molecule has 0 aliphatic heterocycles. The van der Waals surface area contributed by atoms with Crippen molar-refractivity contribution in [3.63, 3.8) is 0 Å². The Morgan fingerprint density at radius 1 is 0.947 bits per heavy atom. The molecule has 0 saturated heterocycles. The summed E-state index contributed by atoms with van der Waals surface area (Å²) in [6, 6.07) is 6.11. The Morgan fingerprint density at radius 3 is 2.00 bits per heavy atom. The van der Waals surface area contributed by atoms with Crippen LogP contribution in [-0.4, -0.2) is 0 Å². The first-order valence-corrected chi connectivity index (χ1v) is 5.52. The molecule has 0 saturated carbocycles. The van der Waals surface area contributed by atoms with E-state index in [1.807, 2.05) is 0 Å². The zero-order chi connectivity index (χ0) is 14.2. The number of hydrogen-bond acceptors (Lipinski definition) is 0. The number of aryl methyl sites for hydroxylation is 1.